The molecule has 0 fully saturated rings. The van der Waals surface area contributed by atoms with Gasteiger partial charge in [0.15, 0.2) is 11.5 Å². The molecular formula is C13H23N3O2. The number of carbonyl (C=O) groups is 1. The Morgan fingerprint density at radius 3 is 2.56 bits per heavy atom. The van der Waals surface area contributed by atoms with Gasteiger partial charge in [-0.1, -0.05) is 13.8 Å². The minimum atomic E-state index is -0.338. The van der Waals surface area contributed by atoms with Gasteiger partial charge in [-0.05, 0) is 20.3 Å². The van der Waals surface area contributed by atoms with Crippen LogP contribution in [0.1, 0.15) is 56.5 Å². The SMILES string of the molecule is CCCNc1nc(CC)n(C(C)C)c1C(=O)OC. The Kier molecular flexibility index (Phi) is 5.19. The summed E-state index contributed by atoms with van der Waals surface area (Å²) in [7, 11) is 1.40. The average Bonchev–Trinajstić information content (AvgIpc) is 2.73. The van der Waals surface area contributed by atoms with Gasteiger partial charge in [0.25, 0.3) is 0 Å². The number of nitrogens with zero attached hydrogens (tertiary/aromatic N) is 2. The van der Waals surface area contributed by atoms with Gasteiger partial charge in [-0.15, -0.1) is 0 Å². The zero-order valence-electron chi connectivity index (χ0n) is 11.9. The predicted molar refractivity (Wildman–Crippen MR) is 72.1 cm³/mol. The van der Waals surface area contributed by atoms with E-state index in [4.69, 9.17) is 4.74 Å². The van der Waals surface area contributed by atoms with Crippen molar-refractivity contribution in [3.63, 3.8) is 0 Å². The van der Waals surface area contributed by atoms with Crippen molar-refractivity contribution in [1.82, 2.24) is 9.55 Å². The van der Waals surface area contributed by atoms with Crippen LogP contribution in [0.25, 0.3) is 0 Å². The Hall–Kier alpha value is -1.52. The third-order valence-electron chi connectivity index (χ3n) is 2.74. The number of aromatic nitrogens is 2. The molecule has 0 atom stereocenters. The van der Waals surface area contributed by atoms with Gasteiger partial charge in [-0.3, -0.25) is 0 Å². The first-order valence-electron chi connectivity index (χ1n) is 6.50. The third-order valence-corrected chi connectivity index (χ3v) is 2.74. The second-order valence-electron chi connectivity index (χ2n) is 4.46. The van der Waals surface area contributed by atoms with Gasteiger partial charge >= 0.3 is 5.97 Å². The lowest BCUT2D eigenvalue weighted by molar-refractivity contribution is 0.0587. The Bertz CT molecular complexity index is 411. The highest BCUT2D eigenvalue weighted by atomic mass is 16.5. The molecule has 0 radical (unpaired) electrons. The maximum Gasteiger partial charge on any atom is 0.358 e. The van der Waals surface area contributed by atoms with E-state index in [0.29, 0.717) is 11.5 Å². The molecule has 1 rings (SSSR count). The van der Waals surface area contributed by atoms with E-state index in [1.807, 2.05) is 25.3 Å². The van der Waals surface area contributed by atoms with E-state index in [9.17, 15) is 4.79 Å². The predicted octanol–water partition coefficient (Wildman–Crippen LogP) is 2.63. The highest BCUT2D eigenvalue weighted by Crippen LogP contribution is 2.23. The van der Waals surface area contributed by atoms with Crippen LogP contribution >= 0.6 is 0 Å². The molecule has 0 saturated heterocycles. The summed E-state index contributed by atoms with van der Waals surface area (Å²) in [6.07, 6.45) is 1.77. The zero-order chi connectivity index (χ0) is 13.7. The molecule has 0 aromatic carbocycles. The molecule has 0 unspecified atom stereocenters. The summed E-state index contributed by atoms with van der Waals surface area (Å²) < 4.78 is 6.81. The summed E-state index contributed by atoms with van der Waals surface area (Å²) in [5.74, 6) is 1.20. The number of hydrogen-bond donors (Lipinski definition) is 1. The molecule has 102 valence electrons. The number of ether oxygens (including phenoxy) is 1. The molecule has 1 heterocycles. The molecule has 0 spiro atoms. The molecule has 0 aliphatic rings. The summed E-state index contributed by atoms with van der Waals surface area (Å²) in [5, 5.41) is 3.20. The van der Waals surface area contributed by atoms with E-state index in [1.165, 1.54) is 7.11 Å². The summed E-state index contributed by atoms with van der Waals surface area (Å²) in [6, 6.07) is 0.179. The number of anilines is 1. The van der Waals surface area contributed by atoms with Crippen molar-refractivity contribution in [2.24, 2.45) is 0 Å². The summed E-state index contributed by atoms with van der Waals surface area (Å²) in [6.45, 7) is 8.98. The molecule has 18 heavy (non-hydrogen) atoms. The molecule has 0 aliphatic carbocycles. The van der Waals surface area contributed by atoms with E-state index in [-0.39, 0.29) is 12.0 Å². The van der Waals surface area contributed by atoms with E-state index < -0.39 is 0 Å². The molecule has 1 aromatic rings. The standard InChI is InChI=1S/C13H23N3O2/c1-6-8-14-12-11(13(17)18-5)16(9(3)4)10(7-2)15-12/h9,14H,6-8H2,1-5H3. The highest BCUT2D eigenvalue weighted by molar-refractivity contribution is 5.93. The molecular weight excluding hydrogens is 230 g/mol. The van der Waals surface area contributed by atoms with Crippen molar-refractivity contribution in [3.8, 4) is 0 Å². The van der Waals surface area contributed by atoms with Crippen LogP contribution in [0, 0.1) is 0 Å². The molecule has 1 N–H and O–H groups in total. The minimum Gasteiger partial charge on any atom is -0.464 e. The largest absolute Gasteiger partial charge is 0.464 e. The normalized spacial score (nSPS) is 10.8. The number of imidazole rings is 1. The van der Waals surface area contributed by atoms with Gasteiger partial charge in [-0.2, -0.15) is 0 Å². The van der Waals surface area contributed by atoms with Gasteiger partial charge in [0.1, 0.15) is 5.82 Å². The van der Waals surface area contributed by atoms with E-state index in [1.54, 1.807) is 0 Å². The van der Waals surface area contributed by atoms with Crippen molar-refractivity contribution in [2.75, 3.05) is 19.0 Å². The number of rotatable bonds is 6. The fourth-order valence-corrected chi connectivity index (χ4v) is 1.94. The van der Waals surface area contributed by atoms with Crippen LogP contribution in [0.3, 0.4) is 0 Å². The fraction of sp³-hybridized carbons (Fsp3) is 0.692. The van der Waals surface area contributed by atoms with Gasteiger partial charge in [0.2, 0.25) is 0 Å². The molecule has 0 amide bonds. The summed E-state index contributed by atoms with van der Waals surface area (Å²) in [4.78, 5) is 16.4. The van der Waals surface area contributed by atoms with Crippen LogP contribution < -0.4 is 5.32 Å². The van der Waals surface area contributed by atoms with Crippen molar-refractivity contribution in [1.29, 1.82) is 0 Å². The fourth-order valence-electron chi connectivity index (χ4n) is 1.94. The van der Waals surface area contributed by atoms with Gasteiger partial charge in [-0.25, -0.2) is 9.78 Å². The van der Waals surface area contributed by atoms with Gasteiger partial charge in [0, 0.05) is 19.0 Å². The summed E-state index contributed by atoms with van der Waals surface area (Å²) >= 11 is 0. The van der Waals surface area contributed by atoms with E-state index in [0.717, 1.165) is 25.2 Å². The Morgan fingerprint density at radius 2 is 2.11 bits per heavy atom. The number of nitrogens with one attached hydrogen (secondary N) is 1. The third kappa shape index (κ3) is 2.83. The number of methoxy groups -OCH3 is 1. The topological polar surface area (TPSA) is 56.2 Å². The first kappa shape index (κ1) is 14.5. The monoisotopic (exact) mass is 253 g/mol. The number of esters is 1. The van der Waals surface area contributed by atoms with Crippen molar-refractivity contribution in [2.45, 2.75) is 46.6 Å². The van der Waals surface area contributed by atoms with E-state index >= 15 is 0 Å². The van der Waals surface area contributed by atoms with E-state index in [2.05, 4.69) is 17.2 Å². The molecule has 0 aliphatic heterocycles. The number of aryl methyl sites for hydroxylation is 1. The zero-order valence-corrected chi connectivity index (χ0v) is 11.9. The minimum absolute atomic E-state index is 0.179. The van der Waals surface area contributed by atoms with Crippen molar-refractivity contribution in [3.05, 3.63) is 11.5 Å². The Morgan fingerprint density at radius 1 is 1.44 bits per heavy atom. The maximum atomic E-state index is 11.9. The second kappa shape index (κ2) is 6.42. The first-order chi connectivity index (χ1) is 8.56. The molecule has 0 bridgehead atoms. The van der Waals surface area contributed by atoms with Crippen molar-refractivity contribution >= 4 is 11.8 Å². The van der Waals surface area contributed by atoms with Gasteiger partial charge < -0.3 is 14.6 Å². The van der Waals surface area contributed by atoms with Crippen LogP contribution in [0.4, 0.5) is 5.82 Å². The van der Waals surface area contributed by atoms with Gasteiger partial charge in [0.05, 0.1) is 7.11 Å². The van der Waals surface area contributed by atoms with Crippen LogP contribution in [0.2, 0.25) is 0 Å². The van der Waals surface area contributed by atoms with Crippen LogP contribution in [-0.2, 0) is 11.2 Å². The van der Waals surface area contributed by atoms with Crippen molar-refractivity contribution < 1.29 is 9.53 Å². The lowest BCUT2D eigenvalue weighted by atomic mass is 10.3. The smallest absolute Gasteiger partial charge is 0.358 e. The maximum absolute atomic E-state index is 11.9. The lowest BCUT2D eigenvalue weighted by Crippen LogP contribution is -2.16. The molecule has 5 nitrogen and oxygen atoms in total. The first-order valence-corrected chi connectivity index (χ1v) is 6.50. The quantitative estimate of drug-likeness (QED) is 0.792. The van der Waals surface area contributed by atoms with Crippen LogP contribution in [0.5, 0.6) is 0 Å². The Labute approximate surface area is 109 Å². The van der Waals surface area contributed by atoms with Crippen LogP contribution in [0.15, 0.2) is 0 Å². The molecule has 1 aromatic heterocycles. The Balaban J connectivity index is 3.28. The second-order valence-corrected chi connectivity index (χ2v) is 4.46. The number of carbonyl (C=O) groups excluding carboxylic acids is 1. The van der Waals surface area contributed by atoms with Crippen LogP contribution in [-0.4, -0.2) is 29.2 Å². The average molecular weight is 253 g/mol. The molecule has 0 saturated carbocycles. The number of hydrogen-bond acceptors (Lipinski definition) is 4. The summed E-state index contributed by atoms with van der Waals surface area (Å²) in [5.41, 5.74) is 0.526. The lowest BCUT2D eigenvalue weighted by Gasteiger charge is -2.14. The highest BCUT2D eigenvalue weighted by Gasteiger charge is 2.24. The molecule has 5 heteroatoms.